The molecule has 1 N–H and O–H groups in total. The molecule has 4 heteroatoms. The van der Waals surface area contributed by atoms with Gasteiger partial charge in [0.25, 0.3) is 0 Å². The van der Waals surface area contributed by atoms with E-state index in [4.69, 9.17) is 9.53 Å². The van der Waals surface area contributed by atoms with E-state index in [9.17, 15) is 0 Å². The lowest BCUT2D eigenvalue weighted by Gasteiger charge is -2.36. The Morgan fingerprint density at radius 1 is 1.24 bits per heavy atom. The molecule has 0 aliphatic carbocycles. The van der Waals surface area contributed by atoms with Crippen molar-refractivity contribution in [2.75, 3.05) is 0 Å². The lowest BCUT2D eigenvalue weighted by Crippen LogP contribution is -2.40. The quantitative estimate of drug-likeness (QED) is 0.838. The summed E-state index contributed by atoms with van der Waals surface area (Å²) in [6, 6.07) is 5.66. The molecule has 0 bridgehead atoms. The van der Waals surface area contributed by atoms with E-state index >= 15 is 0 Å². The highest BCUT2D eigenvalue weighted by molar-refractivity contribution is 6.74. The molecule has 1 aromatic heterocycles. The first kappa shape index (κ1) is 14.3. The molecule has 17 heavy (non-hydrogen) atoms. The number of aliphatic hydroxyl groups is 1. The Bertz CT molecular complexity index is 372. The lowest BCUT2D eigenvalue weighted by atomic mass is 10.2. The van der Waals surface area contributed by atoms with E-state index < -0.39 is 8.32 Å². The molecule has 0 atom stereocenters. The van der Waals surface area contributed by atoms with Gasteiger partial charge in [-0.3, -0.25) is 4.98 Å². The van der Waals surface area contributed by atoms with Gasteiger partial charge in [-0.05, 0) is 30.3 Å². The number of aliphatic hydroxyl groups excluding tert-OH is 1. The van der Waals surface area contributed by atoms with Gasteiger partial charge in [-0.15, -0.1) is 0 Å². The topological polar surface area (TPSA) is 42.4 Å². The van der Waals surface area contributed by atoms with Crippen LogP contribution < -0.4 is 0 Å². The van der Waals surface area contributed by atoms with Crippen molar-refractivity contribution in [3.63, 3.8) is 0 Å². The zero-order chi connectivity index (χ0) is 13.1. The number of hydrogen-bond acceptors (Lipinski definition) is 3. The fourth-order valence-electron chi connectivity index (χ4n) is 1.17. The van der Waals surface area contributed by atoms with Gasteiger partial charge in [0.2, 0.25) is 0 Å². The van der Waals surface area contributed by atoms with Crippen LogP contribution in [-0.2, 0) is 17.6 Å². The van der Waals surface area contributed by atoms with Crippen molar-refractivity contribution in [2.45, 2.75) is 52.1 Å². The second-order valence-electron chi connectivity index (χ2n) is 5.83. The molecule has 0 aliphatic rings. The first-order valence-corrected chi connectivity index (χ1v) is 8.87. The second kappa shape index (κ2) is 5.29. The molecule has 0 fully saturated rings. The summed E-state index contributed by atoms with van der Waals surface area (Å²) in [6.45, 7) is 11.6. The summed E-state index contributed by atoms with van der Waals surface area (Å²) in [5.41, 5.74) is 1.59. The molecule has 0 saturated heterocycles. The van der Waals surface area contributed by atoms with Gasteiger partial charge in [0, 0.05) is 0 Å². The van der Waals surface area contributed by atoms with Gasteiger partial charge in [-0.1, -0.05) is 26.8 Å². The fraction of sp³-hybridized carbons (Fsp3) is 0.615. The molecule has 3 nitrogen and oxygen atoms in total. The van der Waals surface area contributed by atoms with Crippen molar-refractivity contribution in [1.82, 2.24) is 4.98 Å². The normalized spacial score (nSPS) is 12.8. The Hall–Kier alpha value is -0.713. The van der Waals surface area contributed by atoms with Gasteiger partial charge in [-0.2, -0.15) is 0 Å². The summed E-state index contributed by atoms with van der Waals surface area (Å²) in [5.74, 6) is 0. The van der Waals surface area contributed by atoms with Crippen LogP contribution in [0.1, 0.15) is 32.2 Å². The zero-order valence-electron chi connectivity index (χ0n) is 11.4. The van der Waals surface area contributed by atoms with Crippen LogP contribution in [0.5, 0.6) is 0 Å². The molecule has 0 amide bonds. The molecule has 0 unspecified atom stereocenters. The van der Waals surface area contributed by atoms with Crippen LogP contribution in [0.4, 0.5) is 0 Å². The molecular weight excluding hydrogens is 230 g/mol. The van der Waals surface area contributed by atoms with Crippen molar-refractivity contribution in [2.24, 2.45) is 0 Å². The molecule has 1 heterocycles. The van der Waals surface area contributed by atoms with Gasteiger partial charge in [0.15, 0.2) is 8.32 Å². The maximum atomic E-state index is 9.02. The Kier molecular flexibility index (Phi) is 4.46. The molecular formula is C13H23NO2Si. The molecule has 1 rings (SSSR count). The van der Waals surface area contributed by atoms with Gasteiger partial charge in [0.1, 0.15) is 0 Å². The first-order chi connectivity index (χ1) is 7.76. The Morgan fingerprint density at radius 3 is 2.35 bits per heavy atom. The Labute approximate surface area is 105 Å². The van der Waals surface area contributed by atoms with E-state index in [0.29, 0.717) is 12.3 Å². The lowest BCUT2D eigenvalue weighted by molar-refractivity contribution is 0.263. The number of aromatic nitrogens is 1. The van der Waals surface area contributed by atoms with Crippen molar-refractivity contribution in [1.29, 1.82) is 0 Å². The maximum absolute atomic E-state index is 9.02. The summed E-state index contributed by atoms with van der Waals surface area (Å²) in [4.78, 5) is 4.32. The van der Waals surface area contributed by atoms with Crippen molar-refractivity contribution < 1.29 is 9.53 Å². The smallest absolute Gasteiger partial charge is 0.192 e. The van der Waals surface area contributed by atoms with Crippen LogP contribution in [0.25, 0.3) is 0 Å². The van der Waals surface area contributed by atoms with Gasteiger partial charge in [0.05, 0.1) is 24.6 Å². The fourth-order valence-corrected chi connectivity index (χ4v) is 2.11. The molecule has 0 radical (unpaired) electrons. The third-order valence-corrected chi connectivity index (χ3v) is 7.89. The summed E-state index contributed by atoms with van der Waals surface area (Å²) in [5, 5.41) is 9.23. The van der Waals surface area contributed by atoms with Gasteiger partial charge < -0.3 is 9.53 Å². The van der Waals surface area contributed by atoms with Gasteiger partial charge in [-0.25, -0.2) is 0 Å². The minimum atomic E-state index is -1.72. The largest absolute Gasteiger partial charge is 0.411 e. The van der Waals surface area contributed by atoms with Crippen LogP contribution >= 0.6 is 0 Å². The number of rotatable bonds is 4. The molecule has 0 aliphatic heterocycles. The third-order valence-electron chi connectivity index (χ3n) is 3.41. The van der Waals surface area contributed by atoms with Crippen LogP contribution in [-0.4, -0.2) is 18.4 Å². The summed E-state index contributed by atoms with van der Waals surface area (Å²) < 4.78 is 6.07. The monoisotopic (exact) mass is 253 g/mol. The predicted molar refractivity (Wildman–Crippen MR) is 72.1 cm³/mol. The van der Waals surface area contributed by atoms with E-state index in [2.05, 4.69) is 38.8 Å². The van der Waals surface area contributed by atoms with Crippen LogP contribution in [0.2, 0.25) is 18.1 Å². The highest BCUT2D eigenvalue weighted by Gasteiger charge is 2.37. The summed E-state index contributed by atoms with van der Waals surface area (Å²) >= 11 is 0. The zero-order valence-corrected chi connectivity index (χ0v) is 12.4. The molecule has 1 aromatic rings. The molecule has 0 spiro atoms. The first-order valence-electron chi connectivity index (χ1n) is 5.96. The SMILES string of the molecule is CC(C)(C)[Si](C)(C)OCc1cccc(CO)n1. The molecule has 96 valence electrons. The van der Waals surface area contributed by atoms with E-state index in [1.54, 1.807) is 0 Å². The second-order valence-corrected chi connectivity index (χ2v) is 10.6. The molecule has 0 saturated carbocycles. The Balaban J connectivity index is 2.67. The van der Waals surface area contributed by atoms with Crippen LogP contribution in [0.15, 0.2) is 18.2 Å². The standard InChI is InChI=1S/C13H23NO2Si/c1-13(2,3)17(4,5)16-10-12-8-6-7-11(9-15)14-12/h6-8,15H,9-10H2,1-5H3. The maximum Gasteiger partial charge on any atom is 0.192 e. The number of nitrogens with zero attached hydrogens (tertiary/aromatic N) is 1. The number of hydrogen-bond donors (Lipinski definition) is 1. The highest BCUT2D eigenvalue weighted by atomic mass is 28.4. The van der Waals surface area contributed by atoms with Crippen LogP contribution in [0.3, 0.4) is 0 Å². The minimum absolute atomic E-state index is 0.0199. The van der Waals surface area contributed by atoms with Gasteiger partial charge >= 0.3 is 0 Å². The average Bonchev–Trinajstić information content (AvgIpc) is 2.25. The van der Waals surface area contributed by atoms with Crippen molar-refractivity contribution in [3.05, 3.63) is 29.6 Å². The molecule has 0 aromatic carbocycles. The van der Waals surface area contributed by atoms with E-state index in [0.717, 1.165) is 5.69 Å². The summed E-state index contributed by atoms with van der Waals surface area (Å²) in [7, 11) is -1.72. The third kappa shape index (κ3) is 3.91. The van der Waals surface area contributed by atoms with E-state index in [1.807, 2.05) is 18.2 Å². The van der Waals surface area contributed by atoms with Crippen LogP contribution in [0, 0.1) is 0 Å². The minimum Gasteiger partial charge on any atom is -0.411 e. The highest BCUT2D eigenvalue weighted by Crippen LogP contribution is 2.36. The predicted octanol–water partition coefficient (Wildman–Crippen LogP) is 3.10. The van der Waals surface area contributed by atoms with Crippen molar-refractivity contribution >= 4 is 8.32 Å². The van der Waals surface area contributed by atoms with E-state index in [1.165, 1.54) is 0 Å². The Morgan fingerprint density at radius 2 is 1.82 bits per heavy atom. The van der Waals surface area contributed by atoms with Crippen molar-refractivity contribution in [3.8, 4) is 0 Å². The summed E-state index contributed by atoms with van der Waals surface area (Å²) in [6.07, 6.45) is 0. The number of pyridine rings is 1. The average molecular weight is 253 g/mol. The van der Waals surface area contributed by atoms with E-state index in [-0.39, 0.29) is 11.6 Å².